The maximum Gasteiger partial charge on any atom is 0 e. The number of rotatable bonds is 2. The summed E-state index contributed by atoms with van der Waals surface area (Å²) >= 11 is 0. The number of hydrogen-bond donors (Lipinski definition) is 0. The standard InChI is InChI=1S/C16H23.2Y/c1-12-4-6-15(7-5-12)11-16-9-13(2)8-14(3)10-16;;/h9-10,12,15H,4-7,11H2,1-3H3;;/q-1;;. The minimum Gasteiger partial charge on any atom is -0.177 e. The van der Waals surface area contributed by atoms with Crippen LogP contribution in [0.2, 0.25) is 0 Å². The van der Waals surface area contributed by atoms with Crippen LogP contribution in [0.4, 0.5) is 0 Å². The normalized spacial score (nSPS) is 22.8. The third kappa shape index (κ3) is 6.25. The maximum absolute atomic E-state index is 3.35. The second kappa shape index (κ2) is 9.38. The van der Waals surface area contributed by atoms with Gasteiger partial charge in [0, 0.05) is 65.4 Å². The van der Waals surface area contributed by atoms with E-state index in [2.05, 4.69) is 39.0 Å². The first kappa shape index (κ1) is 19.4. The third-order valence-corrected chi connectivity index (χ3v) is 3.86. The maximum atomic E-state index is 3.35. The van der Waals surface area contributed by atoms with Crippen LogP contribution < -0.4 is 0 Å². The summed E-state index contributed by atoms with van der Waals surface area (Å²) in [6, 6.07) is 7.98. The molecule has 0 aliphatic heterocycles. The van der Waals surface area contributed by atoms with Crippen LogP contribution in [0.3, 0.4) is 0 Å². The van der Waals surface area contributed by atoms with Crippen molar-refractivity contribution in [2.75, 3.05) is 0 Å². The van der Waals surface area contributed by atoms with Gasteiger partial charge >= 0.3 is 0 Å². The topological polar surface area (TPSA) is 0 Å². The average Bonchev–Trinajstić information content (AvgIpc) is 2.20. The molecule has 2 heteroatoms. The van der Waals surface area contributed by atoms with E-state index in [0.717, 1.165) is 11.8 Å². The first-order chi connectivity index (χ1) is 7.63. The molecular weight excluding hydrogens is 370 g/mol. The van der Waals surface area contributed by atoms with E-state index in [1.54, 1.807) is 0 Å². The number of benzene rings is 1. The summed E-state index contributed by atoms with van der Waals surface area (Å²) in [6.07, 6.45) is 7.00. The van der Waals surface area contributed by atoms with E-state index in [1.807, 2.05) is 0 Å². The molecule has 0 spiro atoms. The molecule has 0 aromatic heterocycles. The molecule has 0 heterocycles. The first-order valence-corrected chi connectivity index (χ1v) is 6.63. The predicted molar refractivity (Wildman–Crippen MR) is 69.6 cm³/mol. The van der Waals surface area contributed by atoms with Crippen LogP contribution in [0.1, 0.15) is 49.3 Å². The second-order valence-corrected chi connectivity index (χ2v) is 5.68. The van der Waals surface area contributed by atoms with Gasteiger partial charge in [0.05, 0.1) is 0 Å². The van der Waals surface area contributed by atoms with Crippen LogP contribution >= 0.6 is 0 Å². The van der Waals surface area contributed by atoms with Crippen LogP contribution in [0.5, 0.6) is 0 Å². The molecule has 0 bridgehead atoms. The van der Waals surface area contributed by atoms with Gasteiger partial charge < -0.3 is 0 Å². The van der Waals surface area contributed by atoms with E-state index in [-0.39, 0.29) is 65.4 Å². The van der Waals surface area contributed by atoms with Gasteiger partial charge in [-0.05, 0) is 31.1 Å². The molecule has 0 nitrogen and oxygen atoms in total. The smallest absolute Gasteiger partial charge is 0 e. The van der Waals surface area contributed by atoms with Crippen molar-refractivity contribution in [3.05, 3.63) is 34.9 Å². The molecular formula is C16H23Y2-. The van der Waals surface area contributed by atoms with Gasteiger partial charge in [0.1, 0.15) is 0 Å². The molecule has 1 aromatic rings. The van der Waals surface area contributed by atoms with Crippen LogP contribution in [-0.4, -0.2) is 0 Å². The van der Waals surface area contributed by atoms with Crippen molar-refractivity contribution >= 4 is 0 Å². The molecule has 0 atom stereocenters. The second-order valence-electron chi connectivity index (χ2n) is 5.68. The van der Waals surface area contributed by atoms with Crippen molar-refractivity contribution in [3.8, 4) is 0 Å². The summed E-state index contributed by atoms with van der Waals surface area (Å²) in [4.78, 5) is 0. The molecule has 18 heavy (non-hydrogen) atoms. The largest absolute Gasteiger partial charge is 0.177 e. The summed E-state index contributed by atoms with van der Waals surface area (Å²) < 4.78 is 0. The average molecular weight is 393 g/mol. The van der Waals surface area contributed by atoms with E-state index in [4.69, 9.17) is 0 Å². The first-order valence-electron chi connectivity index (χ1n) is 6.63. The molecule has 1 fully saturated rings. The Morgan fingerprint density at radius 2 is 1.50 bits per heavy atom. The van der Waals surface area contributed by atoms with E-state index in [1.165, 1.54) is 48.8 Å². The minimum absolute atomic E-state index is 0. The van der Waals surface area contributed by atoms with Gasteiger partial charge in [-0.3, -0.25) is 0 Å². The van der Waals surface area contributed by atoms with Gasteiger partial charge in [0.2, 0.25) is 0 Å². The summed E-state index contributed by atoms with van der Waals surface area (Å²) in [5, 5.41) is 0. The molecule has 1 aromatic carbocycles. The SMILES string of the molecule is Cc1[c-]c(C)cc(CC2CCC(C)CC2)c1.[Y].[Y]. The molecule has 0 unspecified atom stereocenters. The van der Waals surface area contributed by atoms with Gasteiger partial charge in [-0.15, -0.1) is 0 Å². The van der Waals surface area contributed by atoms with E-state index < -0.39 is 0 Å². The molecule has 1 aliphatic carbocycles. The van der Waals surface area contributed by atoms with Crippen molar-refractivity contribution in [3.63, 3.8) is 0 Å². The van der Waals surface area contributed by atoms with E-state index in [9.17, 15) is 0 Å². The summed E-state index contributed by atoms with van der Waals surface area (Å²) in [5.41, 5.74) is 4.10. The fourth-order valence-corrected chi connectivity index (χ4v) is 2.97. The Morgan fingerprint density at radius 1 is 1.00 bits per heavy atom. The molecule has 2 radical (unpaired) electrons. The van der Waals surface area contributed by atoms with Gasteiger partial charge in [-0.1, -0.05) is 33.6 Å². The van der Waals surface area contributed by atoms with Crippen LogP contribution in [0.15, 0.2) is 12.1 Å². The van der Waals surface area contributed by atoms with Gasteiger partial charge in [0.25, 0.3) is 0 Å². The molecule has 1 aliphatic rings. The van der Waals surface area contributed by atoms with Gasteiger partial charge in [0.15, 0.2) is 0 Å². The fraction of sp³-hybridized carbons (Fsp3) is 0.625. The quantitative estimate of drug-likeness (QED) is 0.651. The zero-order chi connectivity index (χ0) is 11.5. The fourth-order valence-electron chi connectivity index (χ4n) is 2.97. The third-order valence-electron chi connectivity index (χ3n) is 3.86. The van der Waals surface area contributed by atoms with Crippen molar-refractivity contribution in [1.82, 2.24) is 0 Å². The monoisotopic (exact) mass is 393 g/mol. The molecule has 0 amide bonds. The number of hydrogen-bond acceptors (Lipinski definition) is 0. The Bertz CT molecular complexity index is 332. The van der Waals surface area contributed by atoms with E-state index >= 15 is 0 Å². The zero-order valence-electron chi connectivity index (χ0n) is 12.0. The molecule has 1 saturated carbocycles. The van der Waals surface area contributed by atoms with Crippen molar-refractivity contribution < 1.29 is 65.4 Å². The Hall–Kier alpha value is 1.43. The zero-order valence-corrected chi connectivity index (χ0v) is 17.7. The van der Waals surface area contributed by atoms with Crippen LogP contribution in [-0.2, 0) is 71.8 Å². The summed E-state index contributed by atoms with van der Waals surface area (Å²) in [5.74, 6) is 1.89. The Labute approximate surface area is 163 Å². The van der Waals surface area contributed by atoms with Crippen LogP contribution in [0, 0.1) is 31.7 Å². The van der Waals surface area contributed by atoms with Gasteiger partial charge in [-0.2, -0.15) is 34.9 Å². The Balaban J connectivity index is 0.00000144. The van der Waals surface area contributed by atoms with Gasteiger partial charge in [-0.25, -0.2) is 0 Å². The van der Waals surface area contributed by atoms with Crippen molar-refractivity contribution in [2.24, 2.45) is 11.8 Å². The van der Waals surface area contributed by atoms with Crippen molar-refractivity contribution in [1.29, 1.82) is 0 Å². The van der Waals surface area contributed by atoms with Crippen molar-refractivity contribution in [2.45, 2.75) is 52.9 Å². The summed E-state index contributed by atoms with van der Waals surface area (Å²) in [6.45, 7) is 6.70. The number of aryl methyl sites for hydroxylation is 2. The van der Waals surface area contributed by atoms with E-state index in [0.29, 0.717) is 0 Å². The molecule has 94 valence electrons. The Morgan fingerprint density at radius 3 is 2.00 bits per heavy atom. The molecule has 2 rings (SSSR count). The molecule has 0 N–H and O–H groups in total. The van der Waals surface area contributed by atoms with Crippen LogP contribution in [0.25, 0.3) is 0 Å². The predicted octanol–water partition coefficient (Wildman–Crippen LogP) is 4.47. The summed E-state index contributed by atoms with van der Waals surface area (Å²) in [7, 11) is 0. The Kier molecular flexibility index (Phi) is 10.1. The minimum atomic E-state index is 0. The molecule has 0 saturated heterocycles.